The monoisotopic (exact) mass is 282 g/mol. The first-order valence-electron chi connectivity index (χ1n) is 7.92. The molecule has 4 nitrogen and oxygen atoms in total. The van der Waals surface area contributed by atoms with E-state index in [0.29, 0.717) is 0 Å². The predicted octanol–water partition coefficient (Wildman–Crippen LogP) is 3.20. The second kappa shape index (κ2) is 5.55. The number of carbonyl (C=O) groups is 1. The Morgan fingerprint density at radius 1 is 1.00 bits per heavy atom. The van der Waals surface area contributed by atoms with Crippen molar-refractivity contribution in [2.75, 3.05) is 0 Å². The Kier molecular flexibility index (Phi) is 4.33. The van der Waals surface area contributed by atoms with Gasteiger partial charge in [0, 0.05) is 11.1 Å². The molecule has 0 aromatic rings. The van der Waals surface area contributed by atoms with Crippen molar-refractivity contribution in [1.29, 1.82) is 0 Å². The summed E-state index contributed by atoms with van der Waals surface area (Å²) in [5, 5.41) is 3.75. The van der Waals surface area contributed by atoms with E-state index in [2.05, 4.69) is 33.0 Å². The van der Waals surface area contributed by atoms with E-state index in [9.17, 15) is 4.79 Å². The van der Waals surface area contributed by atoms with Gasteiger partial charge in [-0.2, -0.15) is 0 Å². The smallest absolute Gasteiger partial charge is 0.404 e. The van der Waals surface area contributed by atoms with Gasteiger partial charge in [0.15, 0.2) is 0 Å². The maximum atomic E-state index is 10.8. The lowest BCUT2D eigenvalue weighted by Gasteiger charge is -2.49. The topological polar surface area (TPSA) is 64.3 Å². The maximum absolute atomic E-state index is 10.8. The summed E-state index contributed by atoms with van der Waals surface area (Å²) >= 11 is 0. The normalized spacial score (nSPS) is 33.6. The number of rotatable bonds is 2. The van der Waals surface area contributed by atoms with Crippen molar-refractivity contribution >= 4 is 6.09 Å². The number of piperidine rings is 1. The highest BCUT2D eigenvalue weighted by Gasteiger charge is 2.41. The maximum Gasteiger partial charge on any atom is 0.404 e. The van der Waals surface area contributed by atoms with Gasteiger partial charge in [0.25, 0.3) is 0 Å². The van der Waals surface area contributed by atoms with E-state index in [1.165, 1.54) is 12.8 Å². The average molecular weight is 282 g/mol. The molecule has 1 aliphatic carbocycles. The van der Waals surface area contributed by atoms with Crippen LogP contribution in [0.15, 0.2) is 0 Å². The van der Waals surface area contributed by atoms with Gasteiger partial charge in [-0.1, -0.05) is 0 Å². The lowest BCUT2D eigenvalue weighted by molar-refractivity contribution is 0.0349. The molecule has 1 aliphatic heterocycles. The van der Waals surface area contributed by atoms with Crippen LogP contribution in [0.25, 0.3) is 0 Å². The van der Waals surface area contributed by atoms with Crippen molar-refractivity contribution < 1.29 is 9.53 Å². The summed E-state index contributed by atoms with van der Waals surface area (Å²) in [6.07, 6.45) is 6.16. The number of ether oxygens (including phenoxy) is 1. The minimum absolute atomic E-state index is 0.0477. The molecular formula is C16H30N2O2. The number of carbonyl (C=O) groups excluding carboxylic acids is 1. The molecule has 1 heterocycles. The molecular weight excluding hydrogens is 252 g/mol. The fraction of sp³-hybridized carbons (Fsp3) is 0.938. The summed E-state index contributed by atoms with van der Waals surface area (Å²) in [5.74, 6) is 1.54. The number of primary amides is 1. The summed E-state index contributed by atoms with van der Waals surface area (Å²) < 4.78 is 5.14. The van der Waals surface area contributed by atoms with Crippen molar-refractivity contribution in [3.05, 3.63) is 0 Å². The molecule has 116 valence electrons. The van der Waals surface area contributed by atoms with E-state index in [1.54, 1.807) is 0 Å². The summed E-state index contributed by atoms with van der Waals surface area (Å²) in [4.78, 5) is 10.8. The highest BCUT2D eigenvalue weighted by molar-refractivity contribution is 5.64. The summed E-state index contributed by atoms with van der Waals surface area (Å²) in [6, 6.07) is 0. The largest absolute Gasteiger partial charge is 0.446 e. The highest BCUT2D eigenvalue weighted by atomic mass is 16.6. The van der Waals surface area contributed by atoms with Crippen LogP contribution in [-0.2, 0) is 4.74 Å². The fourth-order valence-electron chi connectivity index (χ4n) is 4.58. The lowest BCUT2D eigenvalue weighted by atomic mass is 9.67. The number of nitrogens with one attached hydrogen (secondary N) is 1. The molecule has 0 bridgehead atoms. The summed E-state index contributed by atoms with van der Waals surface area (Å²) in [5.41, 5.74) is 5.53. The number of hydrogen-bond donors (Lipinski definition) is 2. The van der Waals surface area contributed by atoms with Crippen LogP contribution in [0, 0.1) is 11.8 Å². The van der Waals surface area contributed by atoms with Crippen LogP contribution >= 0.6 is 0 Å². The van der Waals surface area contributed by atoms with Crippen molar-refractivity contribution in [2.24, 2.45) is 17.6 Å². The summed E-state index contributed by atoms with van der Waals surface area (Å²) in [6.45, 7) is 9.23. The minimum atomic E-state index is -0.627. The van der Waals surface area contributed by atoms with Crippen LogP contribution in [0.1, 0.15) is 66.2 Å². The first kappa shape index (κ1) is 15.6. The van der Waals surface area contributed by atoms with Gasteiger partial charge >= 0.3 is 6.09 Å². The molecule has 4 heteroatoms. The second-order valence-corrected chi connectivity index (χ2v) is 8.03. The lowest BCUT2D eigenvalue weighted by Crippen LogP contribution is -2.58. The van der Waals surface area contributed by atoms with Crippen molar-refractivity contribution in [3.63, 3.8) is 0 Å². The Morgan fingerprint density at radius 3 is 1.95 bits per heavy atom. The van der Waals surface area contributed by atoms with Gasteiger partial charge in [0.05, 0.1) is 0 Å². The molecule has 0 atom stereocenters. The van der Waals surface area contributed by atoms with E-state index in [0.717, 1.165) is 37.5 Å². The van der Waals surface area contributed by atoms with Gasteiger partial charge in [-0.3, -0.25) is 0 Å². The first-order chi connectivity index (χ1) is 9.17. The van der Waals surface area contributed by atoms with Crippen LogP contribution in [0.4, 0.5) is 4.79 Å². The van der Waals surface area contributed by atoms with Crippen LogP contribution in [0.3, 0.4) is 0 Å². The SMILES string of the molecule is CC1(C)CC(C2CCC(OC(N)=O)CC2)CC(C)(C)N1. The molecule has 0 aromatic heterocycles. The number of hydrogen-bond acceptors (Lipinski definition) is 3. The van der Waals surface area contributed by atoms with Gasteiger partial charge < -0.3 is 15.8 Å². The summed E-state index contributed by atoms with van der Waals surface area (Å²) in [7, 11) is 0. The van der Waals surface area contributed by atoms with Crippen molar-refractivity contribution in [1.82, 2.24) is 5.32 Å². The molecule has 0 aromatic carbocycles. The van der Waals surface area contributed by atoms with Crippen LogP contribution in [-0.4, -0.2) is 23.3 Å². The molecule has 1 saturated heterocycles. The molecule has 2 aliphatic rings. The Bertz CT molecular complexity index is 341. The predicted molar refractivity (Wildman–Crippen MR) is 80.4 cm³/mol. The van der Waals surface area contributed by atoms with Crippen LogP contribution in [0.5, 0.6) is 0 Å². The Morgan fingerprint density at radius 2 is 1.50 bits per heavy atom. The van der Waals surface area contributed by atoms with E-state index in [1.807, 2.05) is 0 Å². The standard InChI is InChI=1S/C16H30N2O2/c1-15(2)9-12(10-16(3,4)18-15)11-5-7-13(8-6-11)20-14(17)19/h11-13,18H,5-10H2,1-4H3,(H2,17,19). The molecule has 0 unspecified atom stereocenters. The molecule has 2 fully saturated rings. The zero-order valence-corrected chi connectivity index (χ0v) is 13.4. The molecule has 1 saturated carbocycles. The van der Waals surface area contributed by atoms with Gasteiger partial charge in [-0.05, 0) is 78.1 Å². The van der Waals surface area contributed by atoms with Crippen LogP contribution < -0.4 is 11.1 Å². The molecule has 20 heavy (non-hydrogen) atoms. The Hall–Kier alpha value is -0.770. The Labute approximate surface area is 122 Å². The second-order valence-electron chi connectivity index (χ2n) is 8.03. The van der Waals surface area contributed by atoms with E-state index in [4.69, 9.17) is 10.5 Å². The zero-order valence-electron chi connectivity index (χ0n) is 13.4. The van der Waals surface area contributed by atoms with Gasteiger partial charge in [0.1, 0.15) is 6.10 Å². The molecule has 2 rings (SSSR count). The molecule has 1 amide bonds. The van der Waals surface area contributed by atoms with Gasteiger partial charge in [-0.25, -0.2) is 4.79 Å². The van der Waals surface area contributed by atoms with Crippen molar-refractivity contribution in [3.8, 4) is 0 Å². The molecule has 0 radical (unpaired) electrons. The molecule has 0 spiro atoms. The van der Waals surface area contributed by atoms with E-state index < -0.39 is 6.09 Å². The van der Waals surface area contributed by atoms with Gasteiger partial charge in [-0.15, -0.1) is 0 Å². The Balaban J connectivity index is 1.91. The fourth-order valence-corrected chi connectivity index (χ4v) is 4.58. The number of nitrogens with two attached hydrogens (primary N) is 1. The third-order valence-electron chi connectivity index (χ3n) is 4.89. The van der Waals surface area contributed by atoms with Crippen molar-refractivity contribution in [2.45, 2.75) is 83.4 Å². The number of amides is 1. The van der Waals surface area contributed by atoms with Crippen LogP contribution in [0.2, 0.25) is 0 Å². The van der Waals surface area contributed by atoms with E-state index >= 15 is 0 Å². The minimum Gasteiger partial charge on any atom is -0.446 e. The third-order valence-corrected chi connectivity index (χ3v) is 4.89. The highest BCUT2D eigenvalue weighted by Crippen LogP contribution is 2.42. The van der Waals surface area contributed by atoms with E-state index in [-0.39, 0.29) is 17.2 Å². The molecule has 3 N–H and O–H groups in total. The third kappa shape index (κ3) is 4.11. The quantitative estimate of drug-likeness (QED) is 0.817. The zero-order chi connectivity index (χ0) is 15.0. The average Bonchev–Trinajstić information content (AvgIpc) is 2.24. The van der Waals surface area contributed by atoms with Gasteiger partial charge in [0.2, 0.25) is 0 Å². The first-order valence-corrected chi connectivity index (χ1v) is 7.92.